The van der Waals surface area contributed by atoms with Gasteiger partial charge >= 0.3 is 5.97 Å². The van der Waals surface area contributed by atoms with E-state index in [-0.39, 0.29) is 5.92 Å². The van der Waals surface area contributed by atoms with Crippen molar-refractivity contribution < 1.29 is 14.7 Å². The second kappa shape index (κ2) is 4.74. The zero-order valence-corrected chi connectivity index (χ0v) is 7.88. The van der Waals surface area contributed by atoms with Gasteiger partial charge in [-0.05, 0) is 5.56 Å². The Bertz CT molecular complexity index is 299. The molecule has 1 aromatic rings. The van der Waals surface area contributed by atoms with Gasteiger partial charge in [-0.15, -0.1) is 0 Å². The molecular weight excluding hydrogens is 182 g/mol. The fourth-order valence-electron chi connectivity index (χ4n) is 1.32. The quantitative estimate of drug-likeness (QED) is 0.706. The van der Waals surface area contributed by atoms with Crippen molar-refractivity contribution in [3.63, 3.8) is 0 Å². The van der Waals surface area contributed by atoms with Crippen LogP contribution < -0.4 is 5.90 Å². The Labute approximate surface area is 82.3 Å². The van der Waals surface area contributed by atoms with Crippen LogP contribution in [-0.4, -0.2) is 17.2 Å². The van der Waals surface area contributed by atoms with Crippen molar-refractivity contribution in [2.45, 2.75) is 18.9 Å². The number of benzene rings is 1. The van der Waals surface area contributed by atoms with Crippen LogP contribution >= 0.6 is 0 Å². The van der Waals surface area contributed by atoms with Gasteiger partial charge in [-0.1, -0.05) is 37.3 Å². The number of rotatable bonds is 4. The van der Waals surface area contributed by atoms with E-state index in [1.165, 1.54) is 0 Å². The van der Waals surface area contributed by atoms with Crippen LogP contribution in [0.5, 0.6) is 0 Å². The topological polar surface area (TPSA) is 72.5 Å². The molecule has 76 valence electrons. The molecule has 0 amide bonds. The number of aliphatic carboxylic acids is 1. The lowest BCUT2D eigenvalue weighted by Crippen LogP contribution is -2.32. The van der Waals surface area contributed by atoms with Crippen molar-refractivity contribution >= 4 is 5.97 Å². The van der Waals surface area contributed by atoms with Gasteiger partial charge in [0.05, 0.1) is 0 Å². The molecule has 1 aromatic carbocycles. The largest absolute Gasteiger partial charge is 0.479 e. The Hall–Kier alpha value is -1.39. The highest BCUT2D eigenvalue weighted by atomic mass is 16.6. The minimum Gasteiger partial charge on any atom is -0.479 e. The molecule has 0 aliphatic heterocycles. The molecule has 0 radical (unpaired) electrons. The summed E-state index contributed by atoms with van der Waals surface area (Å²) in [5.41, 5.74) is 0.894. The Morgan fingerprint density at radius 1 is 1.43 bits per heavy atom. The Kier molecular flexibility index (Phi) is 3.62. The summed E-state index contributed by atoms with van der Waals surface area (Å²) in [6.07, 6.45) is -1.00. The van der Waals surface area contributed by atoms with Crippen molar-refractivity contribution in [2.75, 3.05) is 0 Å². The fraction of sp³-hybridized carbons (Fsp3) is 0.300. The molecule has 0 heterocycles. The predicted octanol–water partition coefficient (Wildman–Crippen LogP) is 1.13. The minimum atomic E-state index is -1.05. The first-order valence-electron chi connectivity index (χ1n) is 4.30. The molecule has 0 spiro atoms. The van der Waals surface area contributed by atoms with Crippen molar-refractivity contribution in [2.24, 2.45) is 5.90 Å². The smallest absolute Gasteiger partial charge is 0.335 e. The van der Waals surface area contributed by atoms with Crippen LogP contribution in [0.2, 0.25) is 0 Å². The highest BCUT2D eigenvalue weighted by Crippen LogP contribution is 2.20. The molecule has 0 saturated heterocycles. The van der Waals surface area contributed by atoms with E-state index in [1.807, 2.05) is 30.3 Å². The number of nitrogens with two attached hydrogens (primary N) is 1. The van der Waals surface area contributed by atoms with E-state index in [4.69, 9.17) is 11.0 Å². The maximum atomic E-state index is 10.7. The molecule has 1 rings (SSSR count). The van der Waals surface area contributed by atoms with Crippen LogP contribution in [0.3, 0.4) is 0 Å². The van der Waals surface area contributed by atoms with Gasteiger partial charge in [-0.3, -0.25) is 4.84 Å². The summed E-state index contributed by atoms with van der Waals surface area (Å²) in [7, 11) is 0. The zero-order valence-electron chi connectivity index (χ0n) is 7.88. The predicted molar refractivity (Wildman–Crippen MR) is 51.6 cm³/mol. The normalized spacial score (nSPS) is 14.7. The Balaban J connectivity index is 2.83. The van der Waals surface area contributed by atoms with E-state index < -0.39 is 12.1 Å². The lowest BCUT2D eigenvalue weighted by Gasteiger charge is -2.17. The van der Waals surface area contributed by atoms with Gasteiger partial charge in [0.25, 0.3) is 0 Å². The summed E-state index contributed by atoms with van der Waals surface area (Å²) in [6.45, 7) is 1.76. The molecule has 3 N–H and O–H groups in total. The standard InChI is InChI=1S/C10H13NO3/c1-7(9(14-11)10(12)13)8-5-3-2-4-6-8/h2-7,9H,11H2,1H3,(H,12,13). The van der Waals surface area contributed by atoms with Gasteiger partial charge in [0.15, 0.2) is 6.10 Å². The number of carboxylic acid groups (broad SMARTS) is 1. The van der Waals surface area contributed by atoms with E-state index in [0.29, 0.717) is 0 Å². The van der Waals surface area contributed by atoms with Crippen LogP contribution in [0.25, 0.3) is 0 Å². The average molecular weight is 195 g/mol. The third-order valence-electron chi connectivity index (χ3n) is 2.17. The number of carbonyl (C=O) groups is 1. The monoisotopic (exact) mass is 195 g/mol. The summed E-state index contributed by atoms with van der Waals surface area (Å²) in [4.78, 5) is 15.2. The molecule has 4 heteroatoms. The summed E-state index contributed by atoms with van der Waals surface area (Å²) >= 11 is 0. The molecular formula is C10H13NO3. The lowest BCUT2D eigenvalue weighted by molar-refractivity contribution is -0.152. The van der Waals surface area contributed by atoms with Gasteiger partial charge < -0.3 is 5.11 Å². The molecule has 0 aliphatic rings. The molecule has 0 saturated carbocycles. The van der Waals surface area contributed by atoms with Gasteiger partial charge in [-0.25, -0.2) is 10.7 Å². The maximum Gasteiger partial charge on any atom is 0.335 e. The van der Waals surface area contributed by atoms with Crippen molar-refractivity contribution in [3.05, 3.63) is 35.9 Å². The highest BCUT2D eigenvalue weighted by molar-refractivity contribution is 5.73. The summed E-state index contributed by atoms with van der Waals surface area (Å²) in [5, 5.41) is 8.80. The van der Waals surface area contributed by atoms with Crippen LogP contribution in [-0.2, 0) is 9.63 Å². The Morgan fingerprint density at radius 3 is 2.43 bits per heavy atom. The summed E-state index contributed by atoms with van der Waals surface area (Å²) in [6, 6.07) is 9.26. The second-order valence-electron chi connectivity index (χ2n) is 3.09. The van der Waals surface area contributed by atoms with E-state index in [0.717, 1.165) is 5.56 Å². The van der Waals surface area contributed by atoms with Crippen LogP contribution in [0.1, 0.15) is 18.4 Å². The first-order valence-corrected chi connectivity index (χ1v) is 4.30. The minimum absolute atomic E-state index is 0.265. The number of hydrogen-bond donors (Lipinski definition) is 2. The van der Waals surface area contributed by atoms with Crippen molar-refractivity contribution in [1.82, 2.24) is 0 Å². The zero-order chi connectivity index (χ0) is 10.6. The molecule has 0 aromatic heterocycles. The molecule has 0 bridgehead atoms. The number of hydrogen-bond acceptors (Lipinski definition) is 3. The van der Waals surface area contributed by atoms with Gasteiger partial charge in [0, 0.05) is 5.92 Å². The van der Waals surface area contributed by atoms with Gasteiger partial charge in [-0.2, -0.15) is 0 Å². The van der Waals surface area contributed by atoms with Crippen molar-refractivity contribution in [1.29, 1.82) is 0 Å². The van der Waals surface area contributed by atoms with E-state index in [9.17, 15) is 4.79 Å². The molecule has 0 fully saturated rings. The fourth-order valence-corrected chi connectivity index (χ4v) is 1.32. The maximum absolute atomic E-state index is 10.7. The van der Waals surface area contributed by atoms with E-state index in [1.54, 1.807) is 6.92 Å². The van der Waals surface area contributed by atoms with Gasteiger partial charge in [0.2, 0.25) is 0 Å². The third kappa shape index (κ3) is 2.31. The van der Waals surface area contributed by atoms with E-state index >= 15 is 0 Å². The SMILES string of the molecule is CC(c1ccccc1)C(ON)C(=O)O. The lowest BCUT2D eigenvalue weighted by atomic mass is 9.95. The second-order valence-corrected chi connectivity index (χ2v) is 3.09. The first-order chi connectivity index (χ1) is 6.66. The third-order valence-corrected chi connectivity index (χ3v) is 2.17. The van der Waals surface area contributed by atoms with Gasteiger partial charge in [0.1, 0.15) is 0 Å². The molecule has 4 nitrogen and oxygen atoms in total. The van der Waals surface area contributed by atoms with E-state index in [2.05, 4.69) is 4.84 Å². The number of carboxylic acids is 1. The molecule has 2 atom stereocenters. The van der Waals surface area contributed by atoms with Crippen LogP contribution in [0, 0.1) is 0 Å². The van der Waals surface area contributed by atoms with Crippen LogP contribution in [0.15, 0.2) is 30.3 Å². The highest BCUT2D eigenvalue weighted by Gasteiger charge is 2.25. The molecule has 14 heavy (non-hydrogen) atoms. The van der Waals surface area contributed by atoms with Crippen molar-refractivity contribution in [3.8, 4) is 0 Å². The summed E-state index contributed by atoms with van der Waals surface area (Å²) < 4.78 is 0. The van der Waals surface area contributed by atoms with Crippen LogP contribution in [0.4, 0.5) is 0 Å². The molecule has 2 unspecified atom stereocenters. The average Bonchev–Trinajstić information content (AvgIpc) is 2.19. The summed E-state index contributed by atoms with van der Waals surface area (Å²) in [5.74, 6) is 3.61. The molecule has 0 aliphatic carbocycles. The first kappa shape index (κ1) is 10.7. The Morgan fingerprint density at radius 2 is 2.00 bits per heavy atom.